The number of allylic oxidation sites excluding steroid dienone is 3. The minimum absolute atomic E-state index is 0.259. The van der Waals surface area contributed by atoms with Crippen LogP contribution >= 0.6 is 0 Å². The molecule has 2 bridgehead atoms. The molecule has 0 aliphatic heterocycles. The SMILES string of the molecule is C[C@@H]1CC/C2=C/C3=C(CO)CCC[C@@]3(C)CC[C@@H]1C2(C)C. The molecule has 1 N–H and O–H groups in total. The molecule has 3 rings (SSSR count). The van der Waals surface area contributed by atoms with E-state index in [2.05, 4.69) is 33.8 Å². The van der Waals surface area contributed by atoms with Gasteiger partial charge in [0.2, 0.25) is 0 Å². The van der Waals surface area contributed by atoms with Crippen molar-refractivity contribution in [1.82, 2.24) is 0 Å². The molecule has 118 valence electrons. The zero-order valence-electron chi connectivity index (χ0n) is 14.3. The van der Waals surface area contributed by atoms with Gasteiger partial charge < -0.3 is 5.11 Å². The van der Waals surface area contributed by atoms with Crippen molar-refractivity contribution in [3.8, 4) is 0 Å². The molecule has 0 heterocycles. The third kappa shape index (κ3) is 2.42. The molecular formula is C20H32O. The van der Waals surface area contributed by atoms with Gasteiger partial charge in [-0.1, -0.05) is 39.3 Å². The Kier molecular flexibility index (Phi) is 3.84. The van der Waals surface area contributed by atoms with E-state index in [1.165, 1.54) is 49.7 Å². The van der Waals surface area contributed by atoms with Gasteiger partial charge in [-0.15, -0.1) is 0 Å². The van der Waals surface area contributed by atoms with E-state index in [1.807, 2.05) is 0 Å². The Bertz CT molecular complexity index is 482. The van der Waals surface area contributed by atoms with Crippen LogP contribution in [0.2, 0.25) is 0 Å². The van der Waals surface area contributed by atoms with Crippen molar-refractivity contribution >= 4 is 0 Å². The van der Waals surface area contributed by atoms with Gasteiger partial charge in [0, 0.05) is 0 Å². The number of aliphatic hydroxyl groups excluding tert-OH is 1. The molecule has 3 atom stereocenters. The maximum atomic E-state index is 9.82. The fourth-order valence-corrected chi connectivity index (χ4v) is 5.50. The van der Waals surface area contributed by atoms with Gasteiger partial charge in [0.05, 0.1) is 6.61 Å². The van der Waals surface area contributed by atoms with Gasteiger partial charge in [0.1, 0.15) is 0 Å². The van der Waals surface area contributed by atoms with E-state index < -0.39 is 0 Å². The predicted octanol–water partition coefficient (Wildman–Crippen LogP) is 5.26. The number of hydrogen-bond donors (Lipinski definition) is 1. The minimum Gasteiger partial charge on any atom is -0.392 e. The van der Waals surface area contributed by atoms with E-state index in [9.17, 15) is 5.11 Å². The molecule has 1 heteroatoms. The van der Waals surface area contributed by atoms with Crippen LogP contribution in [0.5, 0.6) is 0 Å². The molecule has 3 aliphatic carbocycles. The van der Waals surface area contributed by atoms with E-state index >= 15 is 0 Å². The smallest absolute Gasteiger partial charge is 0.0647 e. The number of hydrogen-bond acceptors (Lipinski definition) is 1. The van der Waals surface area contributed by atoms with Crippen LogP contribution in [0.3, 0.4) is 0 Å². The molecule has 0 aromatic heterocycles. The number of fused-ring (bicyclic) bond motifs is 3. The lowest BCUT2D eigenvalue weighted by Gasteiger charge is -2.50. The Morgan fingerprint density at radius 1 is 1.14 bits per heavy atom. The Hall–Kier alpha value is -0.560. The standard InChI is InChI=1S/C20H32O/c1-14-7-8-16-12-18-15(13-21)6-5-10-20(18,4)11-9-17(14)19(16,2)3/h12,14,17,21H,5-11,13H2,1-4H3/b16-12-/t14-,17+,20+/m1/s1. The van der Waals surface area contributed by atoms with Crippen LogP contribution in [0, 0.1) is 22.7 Å². The van der Waals surface area contributed by atoms with E-state index in [1.54, 1.807) is 5.57 Å². The molecule has 0 amide bonds. The first-order chi connectivity index (χ1) is 9.88. The summed E-state index contributed by atoms with van der Waals surface area (Å²) < 4.78 is 0. The molecule has 0 aromatic carbocycles. The fraction of sp³-hybridized carbons (Fsp3) is 0.800. The van der Waals surface area contributed by atoms with Gasteiger partial charge in [0.25, 0.3) is 0 Å². The van der Waals surface area contributed by atoms with Crippen LogP contribution in [-0.2, 0) is 0 Å². The molecule has 1 saturated carbocycles. The van der Waals surface area contributed by atoms with Crippen molar-refractivity contribution in [3.05, 3.63) is 22.8 Å². The third-order valence-electron chi connectivity index (χ3n) is 7.07. The molecule has 0 saturated heterocycles. The van der Waals surface area contributed by atoms with Crippen molar-refractivity contribution in [3.63, 3.8) is 0 Å². The summed E-state index contributed by atoms with van der Waals surface area (Å²) >= 11 is 0. The largest absolute Gasteiger partial charge is 0.392 e. The monoisotopic (exact) mass is 288 g/mol. The molecule has 0 aromatic rings. The van der Waals surface area contributed by atoms with Crippen molar-refractivity contribution in [2.45, 2.75) is 72.6 Å². The third-order valence-corrected chi connectivity index (χ3v) is 7.07. The van der Waals surface area contributed by atoms with Gasteiger partial charge in [-0.25, -0.2) is 0 Å². The zero-order valence-corrected chi connectivity index (χ0v) is 14.3. The molecule has 21 heavy (non-hydrogen) atoms. The topological polar surface area (TPSA) is 20.2 Å². The van der Waals surface area contributed by atoms with Crippen LogP contribution in [0.25, 0.3) is 0 Å². The summed E-state index contributed by atoms with van der Waals surface area (Å²) in [4.78, 5) is 0. The van der Waals surface area contributed by atoms with Crippen LogP contribution < -0.4 is 0 Å². The zero-order chi connectivity index (χ0) is 15.3. The molecule has 1 fully saturated rings. The van der Waals surface area contributed by atoms with Crippen LogP contribution in [0.1, 0.15) is 72.6 Å². The Labute approximate surface area is 130 Å². The fourth-order valence-electron chi connectivity index (χ4n) is 5.50. The average Bonchev–Trinajstić information content (AvgIpc) is 2.42. The van der Waals surface area contributed by atoms with Gasteiger partial charge in [0.15, 0.2) is 0 Å². The summed E-state index contributed by atoms with van der Waals surface area (Å²) in [5.74, 6) is 1.68. The summed E-state index contributed by atoms with van der Waals surface area (Å²) in [5, 5.41) is 9.82. The summed E-state index contributed by atoms with van der Waals surface area (Å²) in [6.07, 6.45) is 11.4. The van der Waals surface area contributed by atoms with Crippen molar-refractivity contribution in [2.75, 3.05) is 6.61 Å². The maximum absolute atomic E-state index is 9.82. The number of rotatable bonds is 1. The van der Waals surface area contributed by atoms with Crippen molar-refractivity contribution in [1.29, 1.82) is 0 Å². The predicted molar refractivity (Wildman–Crippen MR) is 89.1 cm³/mol. The van der Waals surface area contributed by atoms with E-state index in [0.717, 1.165) is 18.3 Å². The summed E-state index contributed by atoms with van der Waals surface area (Å²) in [5.41, 5.74) is 5.13. The Morgan fingerprint density at radius 2 is 1.90 bits per heavy atom. The highest BCUT2D eigenvalue weighted by atomic mass is 16.3. The first kappa shape index (κ1) is 15.3. The molecular weight excluding hydrogens is 256 g/mol. The molecule has 1 nitrogen and oxygen atoms in total. The van der Waals surface area contributed by atoms with Gasteiger partial charge in [-0.3, -0.25) is 0 Å². The Balaban J connectivity index is 2.13. The van der Waals surface area contributed by atoms with Gasteiger partial charge in [-0.05, 0) is 78.8 Å². The molecule has 0 unspecified atom stereocenters. The average molecular weight is 288 g/mol. The lowest BCUT2D eigenvalue weighted by atomic mass is 9.55. The lowest BCUT2D eigenvalue weighted by Crippen LogP contribution is -2.39. The Morgan fingerprint density at radius 3 is 2.62 bits per heavy atom. The maximum Gasteiger partial charge on any atom is 0.0647 e. The summed E-state index contributed by atoms with van der Waals surface area (Å²) in [6.45, 7) is 10.1. The summed E-state index contributed by atoms with van der Waals surface area (Å²) in [7, 11) is 0. The minimum atomic E-state index is 0.259. The van der Waals surface area contributed by atoms with Gasteiger partial charge in [-0.2, -0.15) is 0 Å². The highest BCUT2D eigenvalue weighted by Gasteiger charge is 2.44. The van der Waals surface area contributed by atoms with E-state index in [0.29, 0.717) is 10.8 Å². The summed E-state index contributed by atoms with van der Waals surface area (Å²) in [6, 6.07) is 0. The normalized spacial score (nSPS) is 41.7. The first-order valence-electron chi connectivity index (χ1n) is 8.93. The molecule has 3 aliphatic rings. The van der Waals surface area contributed by atoms with Crippen LogP contribution in [0.15, 0.2) is 22.8 Å². The van der Waals surface area contributed by atoms with E-state index in [-0.39, 0.29) is 6.61 Å². The van der Waals surface area contributed by atoms with Crippen molar-refractivity contribution in [2.24, 2.45) is 22.7 Å². The molecule has 0 radical (unpaired) electrons. The van der Waals surface area contributed by atoms with E-state index in [4.69, 9.17) is 0 Å². The second kappa shape index (κ2) is 5.26. The van der Waals surface area contributed by atoms with Crippen LogP contribution in [0.4, 0.5) is 0 Å². The lowest BCUT2D eigenvalue weighted by molar-refractivity contribution is 0.106. The molecule has 0 spiro atoms. The highest BCUT2D eigenvalue weighted by Crippen LogP contribution is 2.56. The quantitative estimate of drug-likeness (QED) is 0.698. The van der Waals surface area contributed by atoms with Crippen molar-refractivity contribution < 1.29 is 5.11 Å². The van der Waals surface area contributed by atoms with Crippen LogP contribution in [-0.4, -0.2) is 11.7 Å². The van der Waals surface area contributed by atoms with Gasteiger partial charge >= 0.3 is 0 Å². The first-order valence-corrected chi connectivity index (χ1v) is 8.93. The second-order valence-electron chi connectivity index (χ2n) is 8.64. The highest BCUT2D eigenvalue weighted by molar-refractivity contribution is 5.40. The second-order valence-corrected chi connectivity index (χ2v) is 8.64. The number of aliphatic hydroxyl groups is 1.